The summed E-state index contributed by atoms with van der Waals surface area (Å²) < 4.78 is 23.9. The molecule has 0 saturated heterocycles. The maximum atomic E-state index is 13.1. The number of nitrogens with one attached hydrogen (secondary N) is 1. The van der Waals surface area contributed by atoms with Gasteiger partial charge < -0.3 is 14.5 Å². The number of ether oxygens (including phenoxy) is 1. The molecular weight excluding hydrogens is 349 g/mol. The molecule has 1 aromatic heterocycles. The summed E-state index contributed by atoms with van der Waals surface area (Å²) in [6, 6.07) is 15.6. The van der Waals surface area contributed by atoms with Crippen molar-refractivity contribution in [1.82, 2.24) is 0 Å². The normalized spacial score (nSPS) is 11.7. The van der Waals surface area contributed by atoms with Crippen molar-refractivity contribution in [2.45, 2.75) is 20.0 Å². The van der Waals surface area contributed by atoms with Gasteiger partial charge in [-0.25, -0.2) is 9.18 Å². The van der Waals surface area contributed by atoms with Crippen molar-refractivity contribution in [2.24, 2.45) is 0 Å². The quantitative estimate of drug-likeness (QED) is 0.671. The van der Waals surface area contributed by atoms with Crippen LogP contribution in [0, 0.1) is 19.7 Å². The number of aryl methyl sites for hydroxylation is 2. The van der Waals surface area contributed by atoms with E-state index in [2.05, 4.69) is 5.32 Å². The fourth-order valence-electron chi connectivity index (χ4n) is 2.65. The van der Waals surface area contributed by atoms with Crippen LogP contribution in [0.15, 0.2) is 65.1 Å². The zero-order valence-electron chi connectivity index (χ0n) is 14.9. The molecule has 3 rings (SSSR count). The molecule has 0 unspecified atom stereocenters. The standard InChI is InChI=1S/C21H18FNO4/c1-13-12-18(14(2)26-13)21(25)27-19(15-6-4-3-5-7-15)20(24)23-17-10-8-16(22)9-11-17/h3-12,19H,1-2H3,(H,23,24)/t19-/m0/s1. The molecule has 6 heteroatoms. The van der Waals surface area contributed by atoms with Crippen molar-refractivity contribution in [3.05, 3.63) is 89.1 Å². The lowest BCUT2D eigenvalue weighted by Crippen LogP contribution is -2.26. The molecule has 0 bridgehead atoms. The van der Waals surface area contributed by atoms with E-state index in [1.807, 2.05) is 0 Å². The SMILES string of the molecule is Cc1cc(C(=O)O[C@H](C(=O)Nc2ccc(F)cc2)c2ccccc2)c(C)o1. The number of amides is 1. The first-order valence-corrected chi connectivity index (χ1v) is 8.33. The van der Waals surface area contributed by atoms with Crippen LogP contribution in [0.4, 0.5) is 10.1 Å². The number of hydrogen-bond acceptors (Lipinski definition) is 4. The van der Waals surface area contributed by atoms with Crippen molar-refractivity contribution in [3.8, 4) is 0 Å². The molecule has 27 heavy (non-hydrogen) atoms. The van der Waals surface area contributed by atoms with Gasteiger partial charge in [0.25, 0.3) is 5.91 Å². The van der Waals surface area contributed by atoms with Crippen LogP contribution in [-0.4, -0.2) is 11.9 Å². The monoisotopic (exact) mass is 367 g/mol. The van der Waals surface area contributed by atoms with E-state index >= 15 is 0 Å². The summed E-state index contributed by atoms with van der Waals surface area (Å²) in [6.07, 6.45) is -1.17. The molecule has 0 saturated carbocycles. The maximum Gasteiger partial charge on any atom is 0.342 e. The summed E-state index contributed by atoms with van der Waals surface area (Å²) in [5.74, 6) is -0.619. The molecule has 3 aromatic rings. The van der Waals surface area contributed by atoms with Crippen molar-refractivity contribution in [3.63, 3.8) is 0 Å². The van der Waals surface area contributed by atoms with Crippen LogP contribution in [0.2, 0.25) is 0 Å². The van der Waals surface area contributed by atoms with Gasteiger partial charge in [0, 0.05) is 11.3 Å². The van der Waals surface area contributed by atoms with Crippen LogP contribution >= 0.6 is 0 Å². The molecule has 0 aliphatic rings. The number of esters is 1. The fourth-order valence-corrected chi connectivity index (χ4v) is 2.65. The van der Waals surface area contributed by atoms with E-state index in [0.29, 0.717) is 22.8 Å². The summed E-state index contributed by atoms with van der Waals surface area (Å²) in [4.78, 5) is 25.3. The highest BCUT2D eigenvalue weighted by Crippen LogP contribution is 2.24. The topological polar surface area (TPSA) is 68.5 Å². The number of rotatable bonds is 5. The fraction of sp³-hybridized carbons (Fsp3) is 0.143. The number of carbonyl (C=O) groups is 2. The van der Waals surface area contributed by atoms with Crippen LogP contribution < -0.4 is 5.32 Å². The zero-order valence-corrected chi connectivity index (χ0v) is 14.9. The van der Waals surface area contributed by atoms with E-state index in [-0.39, 0.29) is 5.56 Å². The molecule has 0 radical (unpaired) electrons. The van der Waals surface area contributed by atoms with Gasteiger partial charge >= 0.3 is 5.97 Å². The van der Waals surface area contributed by atoms with Crippen LogP contribution in [0.5, 0.6) is 0 Å². The predicted molar refractivity (Wildman–Crippen MR) is 97.8 cm³/mol. The molecule has 0 spiro atoms. The van der Waals surface area contributed by atoms with E-state index in [1.54, 1.807) is 50.2 Å². The Hall–Kier alpha value is -3.41. The lowest BCUT2D eigenvalue weighted by molar-refractivity contribution is -0.125. The Morgan fingerprint density at radius 1 is 1.04 bits per heavy atom. The molecule has 1 atom stereocenters. The Labute approximate surface area is 155 Å². The molecule has 0 fully saturated rings. The summed E-state index contributed by atoms with van der Waals surface area (Å²) >= 11 is 0. The second kappa shape index (κ2) is 7.86. The summed E-state index contributed by atoms with van der Waals surface area (Å²) in [7, 11) is 0. The van der Waals surface area contributed by atoms with Crippen molar-refractivity contribution in [2.75, 3.05) is 5.32 Å². The molecule has 1 N–H and O–H groups in total. The second-order valence-electron chi connectivity index (χ2n) is 6.02. The third-order valence-corrected chi connectivity index (χ3v) is 3.94. The van der Waals surface area contributed by atoms with Gasteiger partial charge in [-0.1, -0.05) is 30.3 Å². The molecule has 5 nitrogen and oxygen atoms in total. The van der Waals surface area contributed by atoms with Crippen molar-refractivity contribution < 1.29 is 23.1 Å². The Bertz CT molecular complexity index is 948. The largest absolute Gasteiger partial charge is 0.466 e. The van der Waals surface area contributed by atoms with E-state index in [1.165, 1.54) is 24.3 Å². The summed E-state index contributed by atoms with van der Waals surface area (Å²) in [6.45, 7) is 3.37. The predicted octanol–water partition coefficient (Wildman–Crippen LogP) is 4.57. The van der Waals surface area contributed by atoms with Crippen LogP contribution in [0.25, 0.3) is 0 Å². The molecule has 138 valence electrons. The minimum absolute atomic E-state index is 0.267. The molecule has 0 aliphatic carbocycles. The molecule has 0 aliphatic heterocycles. The lowest BCUT2D eigenvalue weighted by atomic mass is 10.1. The lowest BCUT2D eigenvalue weighted by Gasteiger charge is -2.18. The average molecular weight is 367 g/mol. The first kappa shape index (κ1) is 18.4. The number of anilines is 1. The van der Waals surface area contributed by atoms with Crippen LogP contribution in [0.3, 0.4) is 0 Å². The number of hydrogen-bond donors (Lipinski definition) is 1. The minimum atomic E-state index is -1.17. The Balaban J connectivity index is 1.84. The van der Waals surface area contributed by atoms with E-state index in [9.17, 15) is 14.0 Å². The molecular formula is C21H18FNO4. The Morgan fingerprint density at radius 2 is 1.70 bits per heavy atom. The average Bonchev–Trinajstić information content (AvgIpc) is 3.00. The van der Waals surface area contributed by atoms with Crippen LogP contribution in [-0.2, 0) is 9.53 Å². The van der Waals surface area contributed by atoms with Gasteiger partial charge in [0.2, 0.25) is 6.10 Å². The van der Waals surface area contributed by atoms with Gasteiger partial charge in [0.15, 0.2) is 0 Å². The number of benzene rings is 2. The second-order valence-corrected chi connectivity index (χ2v) is 6.02. The Kier molecular flexibility index (Phi) is 5.35. The third-order valence-electron chi connectivity index (χ3n) is 3.94. The van der Waals surface area contributed by atoms with Crippen molar-refractivity contribution in [1.29, 1.82) is 0 Å². The smallest absolute Gasteiger partial charge is 0.342 e. The molecule has 1 heterocycles. The highest BCUT2D eigenvalue weighted by molar-refractivity contribution is 5.98. The van der Waals surface area contributed by atoms with E-state index in [0.717, 1.165) is 0 Å². The summed E-state index contributed by atoms with van der Waals surface area (Å²) in [5.41, 5.74) is 1.18. The number of furan rings is 1. The van der Waals surface area contributed by atoms with Crippen molar-refractivity contribution >= 4 is 17.6 Å². The van der Waals surface area contributed by atoms with Gasteiger partial charge in [-0.15, -0.1) is 0 Å². The third kappa shape index (κ3) is 4.41. The van der Waals surface area contributed by atoms with Gasteiger partial charge in [-0.3, -0.25) is 4.79 Å². The first-order chi connectivity index (χ1) is 12.9. The van der Waals surface area contributed by atoms with E-state index in [4.69, 9.17) is 9.15 Å². The highest BCUT2D eigenvalue weighted by atomic mass is 19.1. The van der Waals surface area contributed by atoms with Gasteiger partial charge in [-0.2, -0.15) is 0 Å². The Morgan fingerprint density at radius 3 is 2.30 bits per heavy atom. The first-order valence-electron chi connectivity index (χ1n) is 8.33. The highest BCUT2D eigenvalue weighted by Gasteiger charge is 2.27. The van der Waals surface area contributed by atoms with Gasteiger partial charge in [-0.05, 0) is 44.2 Å². The number of carbonyl (C=O) groups excluding carboxylic acids is 2. The minimum Gasteiger partial charge on any atom is -0.466 e. The number of halogens is 1. The maximum absolute atomic E-state index is 13.1. The van der Waals surface area contributed by atoms with E-state index < -0.39 is 23.8 Å². The summed E-state index contributed by atoms with van der Waals surface area (Å²) in [5, 5.41) is 2.64. The zero-order chi connectivity index (χ0) is 19.4. The molecule has 1 amide bonds. The van der Waals surface area contributed by atoms with Gasteiger partial charge in [0.05, 0.1) is 0 Å². The van der Waals surface area contributed by atoms with Crippen LogP contribution in [0.1, 0.15) is 33.5 Å². The molecule has 2 aromatic carbocycles. The van der Waals surface area contributed by atoms with Gasteiger partial charge in [0.1, 0.15) is 22.9 Å².